The van der Waals surface area contributed by atoms with Crippen LogP contribution >= 0.6 is 0 Å². The zero-order valence-corrected chi connectivity index (χ0v) is 11.4. The molecule has 19 heavy (non-hydrogen) atoms. The summed E-state index contributed by atoms with van der Waals surface area (Å²) in [6.07, 6.45) is 2.76. The molecule has 1 aliphatic carbocycles. The van der Waals surface area contributed by atoms with Gasteiger partial charge in [-0.2, -0.15) is 0 Å². The zero-order valence-electron chi connectivity index (χ0n) is 11.4. The van der Waals surface area contributed by atoms with Crippen molar-refractivity contribution in [1.82, 2.24) is 5.32 Å². The molecule has 0 heterocycles. The summed E-state index contributed by atoms with van der Waals surface area (Å²) < 4.78 is 0. The molecule has 1 unspecified atom stereocenters. The zero-order chi connectivity index (χ0) is 13.7. The molecule has 1 fully saturated rings. The van der Waals surface area contributed by atoms with E-state index in [4.69, 9.17) is 0 Å². The maximum absolute atomic E-state index is 12.1. The van der Waals surface area contributed by atoms with E-state index < -0.39 is 6.10 Å². The topological polar surface area (TPSA) is 61.4 Å². The molecule has 0 spiro atoms. The lowest BCUT2D eigenvalue weighted by atomic mass is 10.1. The third-order valence-corrected chi connectivity index (χ3v) is 3.38. The molecule has 4 nitrogen and oxygen atoms in total. The van der Waals surface area contributed by atoms with E-state index in [2.05, 4.69) is 17.6 Å². The summed E-state index contributed by atoms with van der Waals surface area (Å²) in [5.41, 5.74) is 1.49. The van der Waals surface area contributed by atoms with E-state index in [-0.39, 0.29) is 5.91 Å². The van der Waals surface area contributed by atoms with Gasteiger partial charge in [0, 0.05) is 18.8 Å². The third-order valence-electron chi connectivity index (χ3n) is 3.38. The maximum atomic E-state index is 12.1. The number of aliphatic hydroxyl groups excluding tert-OH is 1. The van der Waals surface area contributed by atoms with Crippen LogP contribution in [0.5, 0.6) is 0 Å². The van der Waals surface area contributed by atoms with Gasteiger partial charge in [-0.25, -0.2) is 0 Å². The number of benzene rings is 1. The van der Waals surface area contributed by atoms with Crippen LogP contribution in [0.1, 0.15) is 36.5 Å². The summed E-state index contributed by atoms with van der Waals surface area (Å²) in [5.74, 6) is 0.257. The van der Waals surface area contributed by atoms with Crippen LogP contribution in [0.15, 0.2) is 24.3 Å². The summed E-state index contributed by atoms with van der Waals surface area (Å²) in [5, 5.41) is 15.8. The summed E-state index contributed by atoms with van der Waals surface area (Å²) in [6, 6.07) is 7.47. The highest BCUT2D eigenvalue weighted by molar-refractivity contribution is 5.99. The molecule has 1 aromatic rings. The SMILES string of the molecule is CCCNc1ccccc1C(=O)NCC(O)C1CC1. The average molecular weight is 262 g/mol. The quantitative estimate of drug-likeness (QED) is 0.704. The lowest BCUT2D eigenvalue weighted by Gasteiger charge is -2.13. The number of aliphatic hydroxyl groups is 1. The standard InChI is InChI=1S/C15H22N2O2/c1-2-9-16-13-6-4-3-5-12(13)15(19)17-10-14(18)11-7-8-11/h3-6,11,14,16,18H,2,7-10H2,1H3,(H,17,19). The molecule has 104 valence electrons. The molecule has 0 aliphatic heterocycles. The largest absolute Gasteiger partial charge is 0.391 e. The van der Waals surface area contributed by atoms with E-state index in [1.54, 1.807) is 6.07 Å². The van der Waals surface area contributed by atoms with Crippen molar-refractivity contribution in [3.05, 3.63) is 29.8 Å². The number of nitrogens with one attached hydrogen (secondary N) is 2. The van der Waals surface area contributed by atoms with Crippen molar-refractivity contribution in [3.8, 4) is 0 Å². The van der Waals surface area contributed by atoms with Gasteiger partial charge in [0.15, 0.2) is 0 Å². The normalized spacial score (nSPS) is 15.9. The number of carbonyl (C=O) groups is 1. The van der Waals surface area contributed by atoms with Gasteiger partial charge < -0.3 is 15.7 Å². The van der Waals surface area contributed by atoms with Crippen molar-refractivity contribution in [2.45, 2.75) is 32.3 Å². The first kappa shape index (κ1) is 13.9. The molecule has 1 aromatic carbocycles. The monoisotopic (exact) mass is 262 g/mol. The summed E-state index contributed by atoms with van der Waals surface area (Å²) in [7, 11) is 0. The van der Waals surface area contributed by atoms with Gasteiger partial charge in [-0.3, -0.25) is 4.79 Å². The van der Waals surface area contributed by atoms with Crippen molar-refractivity contribution in [3.63, 3.8) is 0 Å². The molecule has 1 saturated carbocycles. The van der Waals surface area contributed by atoms with E-state index in [9.17, 15) is 9.90 Å². The molecule has 0 saturated heterocycles. The Morgan fingerprint density at radius 1 is 1.42 bits per heavy atom. The molecule has 1 aliphatic rings. The molecule has 0 radical (unpaired) electrons. The molecular weight excluding hydrogens is 240 g/mol. The molecule has 4 heteroatoms. The van der Waals surface area contributed by atoms with Crippen LogP contribution in [0.3, 0.4) is 0 Å². The molecule has 1 atom stereocenters. The van der Waals surface area contributed by atoms with Gasteiger partial charge in [-0.05, 0) is 37.3 Å². The molecule has 0 bridgehead atoms. The highest BCUT2D eigenvalue weighted by atomic mass is 16.3. The minimum absolute atomic E-state index is 0.126. The van der Waals surface area contributed by atoms with Crippen LogP contribution in [0.2, 0.25) is 0 Å². The number of anilines is 1. The smallest absolute Gasteiger partial charge is 0.253 e. The van der Waals surface area contributed by atoms with Crippen LogP contribution in [0.25, 0.3) is 0 Å². The van der Waals surface area contributed by atoms with Crippen LogP contribution in [0.4, 0.5) is 5.69 Å². The average Bonchev–Trinajstić information content (AvgIpc) is 3.27. The van der Waals surface area contributed by atoms with Crippen LogP contribution < -0.4 is 10.6 Å². The van der Waals surface area contributed by atoms with Gasteiger partial charge in [0.25, 0.3) is 5.91 Å². The van der Waals surface area contributed by atoms with Crippen molar-refractivity contribution in [2.75, 3.05) is 18.4 Å². The Morgan fingerprint density at radius 3 is 2.84 bits per heavy atom. The van der Waals surface area contributed by atoms with E-state index in [0.29, 0.717) is 18.0 Å². The van der Waals surface area contributed by atoms with Crippen molar-refractivity contribution < 1.29 is 9.90 Å². The lowest BCUT2D eigenvalue weighted by molar-refractivity contribution is 0.0902. The van der Waals surface area contributed by atoms with Gasteiger partial charge in [0.05, 0.1) is 11.7 Å². The molecule has 2 rings (SSSR count). The Kier molecular flexibility index (Phi) is 4.80. The molecule has 3 N–H and O–H groups in total. The Labute approximate surface area is 114 Å². The Balaban J connectivity index is 1.93. The Bertz CT molecular complexity index is 430. The third kappa shape index (κ3) is 3.96. The van der Waals surface area contributed by atoms with Gasteiger partial charge in [0.2, 0.25) is 0 Å². The summed E-state index contributed by atoms with van der Waals surface area (Å²) in [4.78, 5) is 12.1. The first-order valence-electron chi connectivity index (χ1n) is 7.01. The number of amides is 1. The van der Waals surface area contributed by atoms with Gasteiger partial charge in [-0.1, -0.05) is 19.1 Å². The number of rotatable bonds is 7. The highest BCUT2D eigenvalue weighted by Gasteiger charge is 2.29. The van der Waals surface area contributed by atoms with Crippen LogP contribution in [0, 0.1) is 5.92 Å². The minimum Gasteiger partial charge on any atom is -0.391 e. The predicted octanol–water partition coefficient (Wildman–Crippen LogP) is 2.01. The van der Waals surface area contributed by atoms with Crippen molar-refractivity contribution >= 4 is 11.6 Å². The molecular formula is C15H22N2O2. The van der Waals surface area contributed by atoms with E-state index in [1.807, 2.05) is 18.2 Å². The van der Waals surface area contributed by atoms with Crippen molar-refractivity contribution in [1.29, 1.82) is 0 Å². The number of para-hydroxylation sites is 1. The van der Waals surface area contributed by atoms with Crippen LogP contribution in [-0.4, -0.2) is 30.2 Å². The fraction of sp³-hybridized carbons (Fsp3) is 0.533. The first-order chi connectivity index (χ1) is 9.22. The molecule has 0 aromatic heterocycles. The van der Waals surface area contributed by atoms with E-state index in [0.717, 1.165) is 31.5 Å². The van der Waals surface area contributed by atoms with E-state index in [1.165, 1.54) is 0 Å². The summed E-state index contributed by atoms with van der Waals surface area (Å²) in [6.45, 7) is 3.27. The lowest BCUT2D eigenvalue weighted by Crippen LogP contribution is -2.33. The second kappa shape index (κ2) is 6.57. The maximum Gasteiger partial charge on any atom is 0.253 e. The predicted molar refractivity (Wildman–Crippen MR) is 76.3 cm³/mol. The van der Waals surface area contributed by atoms with Gasteiger partial charge >= 0.3 is 0 Å². The fourth-order valence-electron chi connectivity index (χ4n) is 2.04. The minimum atomic E-state index is -0.403. The molecule has 1 amide bonds. The highest BCUT2D eigenvalue weighted by Crippen LogP contribution is 2.32. The first-order valence-corrected chi connectivity index (χ1v) is 7.01. The summed E-state index contributed by atoms with van der Waals surface area (Å²) >= 11 is 0. The van der Waals surface area contributed by atoms with E-state index >= 15 is 0 Å². The van der Waals surface area contributed by atoms with Gasteiger partial charge in [0.1, 0.15) is 0 Å². The fourth-order valence-corrected chi connectivity index (χ4v) is 2.04. The van der Waals surface area contributed by atoms with Crippen LogP contribution in [-0.2, 0) is 0 Å². The number of carbonyl (C=O) groups excluding carboxylic acids is 1. The second-order valence-electron chi connectivity index (χ2n) is 5.09. The number of hydrogen-bond donors (Lipinski definition) is 3. The van der Waals surface area contributed by atoms with Gasteiger partial charge in [-0.15, -0.1) is 0 Å². The second-order valence-corrected chi connectivity index (χ2v) is 5.09. The number of hydrogen-bond acceptors (Lipinski definition) is 3. The van der Waals surface area contributed by atoms with Crippen molar-refractivity contribution in [2.24, 2.45) is 5.92 Å². The Hall–Kier alpha value is -1.55. The Morgan fingerprint density at radius 2 is 2.16 bits per heavy atom.